The van der Waals surface area contributed by atoms with Crippen molar-refractivity contribution in [3.8, 4) is 0 Å². The average molecular weight is 245 g/mol. The minimum Gasteiger partial charge on any atom is -0.342 e. The minimum atomic E-state index is -2.94. The van der Waals surface area contributed by atoms with Gasteiger partial charge in [0.1, 0.15) is 0 Å². The molecule has 0 aliphatic carbocycles. The summed E-state index contributed by atoms with van der Waals surface area (Å²) < 4.78 is 22.6. The van der Waals surface area contributed by atoms with Gasteiger partial charge in [-0.15, -0.1) is 0 Å². The zero-order valence-corrected chi connectivity index (χ0v) is 10.5. The summed E-state index contributed by atoms with van der Waals surface area (Å²) in [7, 11) is -2.94. The van der Waals surface area contributed by atoms with Gasteiger partial charge in [0.25, 0.3) is 0 Å². The van der Waals surface area contributed by atoms with E-state index in [-0.39, 0.29) is 23.3 Å². The first kappa shape index (κ1) is 11.9. The lowest BCUT2D eigenvalue weighted by Gasteiger charge is -2.32. The fraction of sp³-hybridized carbons (Fsp3) is 0.909. The van der Waals surface area contributed by atoms with Crippen LogP contribution in [0, 0.1) is 11.8 Å². The number of rotatable bonds is 1. The Morgan fingerprint density at radius 3 is 2.62 bits per heavy atom. The SMILES string of the molecule is CC1CCCN(C(=O)C2CCS(=O)(=O)C2)C1. The van der Waals surface area contributed by atoms with Crippen molar-refractivity contribution < 1.29 is 13.2 Å². The zero-order valence-electron chi connectivity index (χ0n) is 9.68. The molecule has 2 aliphatic heterocycles. The molecule has 2 unspecified atom stereocenters. The number of nitrogens with zero attached hydrogens (tertiary/aromatic N) is 1. The maximum absolute atomic E-state index is 12.1. The third kappa shape index (κ3) is 2.56. The van der Waals surface area contributed by atoms with Crippen LogP contribution in [0.25, 0.3) is 0 Å². The van der Waals surface area contributed by atoms with Gasteiger partial charge in [-0.1, -0.05) is 6.92 Å². The highest BCUT2D eigenvalue weighted by atomic mass is 32.2. The number of carbonyl (C=O) groups is 1. The number of hydrogen-bond donors (Lipinski definition) is 0. The van der Waals surface area contributed by atoms with E-state index in [1.165, 1.54) is 6.42 Å². The van der Waals surface area contributed by atoms with E-state index in [4.69, 9.17) is 0 Å². The molecule has 4 nitrogen and oxygen atoms in total. The smallest absolute Gasteiger partial charge is 0.226 e. The molecule has 92 valence electrons. The summed E-state index contributed by atoms with van der Waals surface area (Å²) in [6.45, 7) is 3.75. The molecule has 0 aromatic carbocycles. The Balaban J connectivity index is 1.97. The minimum absolute atomic E-state index is 0.0626. The average Bonchev–Trinajstić information content (AvgIpc) is 2.58. The van der Waals surface area contributed by atoms with Gasteiger partial charge >= 0.3 is 0 Å². The first-order valence-electron chi connectivity index (χ1n) is 5.97. The van der Waals surface area contributed by atoms with Crippen LogP contribution < -0.4 is 0 Å². The van der Waals surface area contributed by atoms with Crippen LogP contribution in [0.1, 0.15) is 26.2 Å². The van der Waals surface area contributed by atoms with Gasteiger partial charge in [-0.05, 0) is 25.2 Å². The first-order chi connectivity index (χ1) is 7.48. The summed E-state index contributed by atoms with van der Waals surface area (Å²) in [6.07, 6.45) is 2.74. The van der Waals surface area contributed by atoms with Gasteiger partial charge in [0.05, 0.1) is 17.4 Å². The Hall–Kier alpha value is -0.580. The molecule has 2 aliphatic rings. The third-order valence-corrected chi connectivity index (χ3v) is 5.32. The molecule has 0 aromatic rings. The van der Waals surface area contributed by atoms with Gasteiger partial charge in [-0.2, -0.15) is 0 Å². The Labute approximate surface area is 96.9 Å². The number of carbonyl (C=O) groups excluding carboxylic acids is 1. The molecular weight excluding hydrogens is 226 g/mol. The highest BCUT2D eigenvalue weighted by Crippen LogP contribution is 2.24. The van der Waals surface area contributed by atoms with Gasteiger partial charge < -0.3 is 4.90 Å². The lowest BCUT2D eigenvalue weighted by atomic mass is 9.98. The van der Waals surface area contributed by atoms with E-state index in [9.17, 15) is 13.2 Å². The second kappa shape index (κ2) is 4.35. The predicted octanol–water partition coefficient (Wildman–Crippen LogP) is 0.680. The van der Waals surface area contributed by atoms with E-state index in [1.54, 1.807) is 0 Å². The van der Waals surface area contributed by atoms with Crippen LogP contribution in [0.15, 0.2) is 0 Å². The fourth-order valence-electron chi connectivity index (χ4n) is 2.64. The molecule has 2 saturated heterocycles. The maximum Gasteiger partial charge on any atom is 0.226 e. The summed E-state index contributed by atoms with van der Waals surface area (Å²) in [6, 6.07) is 0. The normalized spacial score (nSPS) is 33.9. The van der Waals surface area contributed by atoms with Crippen molar-refractivity contribution >= 4 is 15.7 Å². The fourth-order valence-corrected chi connectivity index (χ4v) is 4.37. The summed E-state index contributed by atoms with van der Waals surface area (Å²) in [5, 5.41) is 0. The molecule has 0 saturated carbocycles. The number of piperidine rings is 1. The van der Waals surface area contributed by atoms with Gasteiger partial charge in [-0.25, -0.2) is 8.42 Å². The molecule has 16 heavy (non-hydrogen) atoms. The molecule has 2 atom stereocenters. The largest absolute Gasteiger partial charge is 0.342 e. The second-order valence-electron chi connectivity index (χ2n) is 5.13. The van der Waals surface area contributed by atoms with Crippen LogP contribution in [0.3, 0.4) is 0 Å². The van der Waals surface area contributed by atoms with E-state index in [0.717, 1.165) is 19.5 Å². The topological polar surface area (TPSA) is 54.5 Å². The van der Waals surface area contributed by atoms with Crippen LogP contribution in [0.2, 0.25) is 0 Å². The van der Waals surface area contributed by atoms with Crippen LogP contribution >= 0.6 is 0 Å². The Kier molecular flexibility index (Phi) is 3.24. The molecule has 1 amide bonds. The maximum atomic E-state index is 12.1. The number of amides is 1. The van der Waals surface area contributed by atoms with Crippen LogP contribution in [0.4, 0.5) is 0 Å². The molecule has 0 N–H and O–H groups in total. The quantitative estimate of drug-likeness (QED) is 0.682. The van der Waals surface area contributed by atoms with Crippen molar-refractivity contribution in [2.24, 2.45) is 11.8 Å². The van der Waals surface area contributed by atoms with Gasteiger partial charge in [0.2, 0.25) is 5.91 Å². The molecule has 5 heteroatoms. The summed E-state index contributed by atoms with van der Waals surface area (Å²) >= 11 is 0. The van der Waals surface area contributed by atoms with Crippen LogP contribution in [-0.4, -0.2) is 43.8 Å². The van der Waals surface area contributed by atoms with Crippen molar-refractivity contribution in [3.05, 3.63) is 0 Å². The second-order valence-corrected chi connectivity index (χ2v) is 7.36. The standard InChI is InChI=1S/C11H19NO3S/c1-9-3-2-5-12(7-9)11(13)10-4-6-16(14,15)8-10/h9-10H,2-8H2,1H3. The van der Waals surface area contributed by atoms with E-state index in [2.05, 4.69) is 6.92 Å². The summed E-state index contributed by atoms with van der Waals surface area (Å²) in [5.41, 5.74) is 0. The van der Waals surface area contributed by atoms with Crippen molar-refractivity contribution in [2.75, 3.05) is 24.6 Å². The van der Waals surface area contributed by atoms with Crippen LogP contribution in [-0.2, 0) is 14.6 Å². The van der Waals surface area contributed by atoms with Crippen molar-refractivity contribution in [3.63, 3.8) is 0 Å². The highest BCUT2D eigenvalue weighted by molar-refractivity contribution is 7.91. The Morgan fingerprint density at radius 1 is 1.31 bits per heavy atom. The summed E-state index contributed by atoms with van der Waals surface area (Å²) in [5.74, 6) is 0.599. The molecule has 0 radical (unpaired) electrons. The molecule has 0 bridgehead atoms. The molecule has 2 rings (SSSR count). The highest BCUT2D eigenvalue weighted by Gasteiger charge is 2.36. The third-order valence-electron chi connectivity index (χ3n) is 3.55. The first-order valence-corrected chi connectivity index (χ1v) is 7.79. The molecule has 2 heterocycles. The van der Waals surface area contributed by atoms with Crippen molar-refractivity contribution in [1.29, 1.82) is 0 Å². The molecule has 2 fully saturated rings. The number of hydrogen-bond acceptors (Lipinski definition) is 3. The Morgan fingerprint density at radius 2 is 2.06 bits per heavy atom. The zero-order chi connectivity index (χ0) is 11.8. The summed E-state index contributed by atoms with van der Waals surface area (Å²) in [4.78, 5) is 14.0. The lowest BCUT2D eigenvalue weighted by Crippen LogP contribution is -2.42. The Bertz CT molecular complexity index is 377. The van der Waals surface area contributed by atoms with E-state index in [0.29, 0.717) is 12.3 Å². The van der Waals surface area contributed by atoms with E-state index < -0.39 is 9.84 Å². The van der Waals surface area contributed by atoms with E-state index >= 15 is 0 Å². The predicted molar refractivity (Wildman–Crippen MR) is 61.7 cm³/mol. The molecular formula is C11H19NO3S. The lowest BCUT2D eigenvalue weighted by molar-refractivity contribution is -0.136. The molecule has 0 spiro atoms. The number of likely N-dealkylation sites (tertiary alicyclic amines) is 1. The monoisotopic (exact) mass is 245 g/mol. The number of sulfone groups is 1. The van der Waals surface area contributed by atoms with Crippen LogP contribution in [0.5, 0.6) is 0 Å². The van der Waals surface area contributed by atoms with Crippen molar-refractivity contribution in [1.82, 2.24) is 4.90 Å². The van der Waals surface area contributed by atoms with Gasteiger partial charge in [-0.3, -0.25) is 4.79 Å². The van der Waals surface area contributed by atoms with E-state index in [1.807, 2.05) is 4.90 Å². The van der Waals surface area contributed by atoms with Gasteiger partial charge in [0, 0.05) is 13.1 Å². The molecule has 0 aromatic heterocycles. The van der Waals surface area contributed by atoms with Crippen molar-refractivity contribution in [2.45, 2.75) is 26.2 Å². The van der Waals surface area contributed by atoms with Gasteiger partial charge in [0.15, 0.2) is 9.84 Å².